The standard InChI is InChI=1S/C21H28F6O3.C21H31F3O3.C18H27F3O2.3C3H10OSi.6CH4/c1-18(2,3)29-17(28)30-19(20(22,23)24,21(25,26)27)9-13-7-12-8-14(13)16-11-5-4-10(6-11)15(12)16;1-19(2,3)26-18(25)27-20(4,21(22,23)24)10-14-8-13-9-15(14)17-12-6-5-11(7-12)16(13)17;1-2-22-9-23-15(18(19,20)21)8-12-6-13-7-14(12)17-11-4-3-10(5-11)16(13)17;3*1-4-5(2)3;;;;;;/h10-16H,4-9H2,1-3H3;11-17H,5-10H2,1-4H3;10-17H,2-9H2,1H3;3*5H,1-3H3;6*1H4. The van der Waals surface area contributed by atoms with Gasteiger partial charge in [-0.25, -0.2) is 9.59 Å². The molecule has 0 aliphatic heterocycles. The Morgan fingerprint density at radius 2 is 0.693 bits per heavy atom. The largest absolute Gasteiger partial charge is 0.510 e. The van der Waals surface area contributed by atoms with Crippen molar-refractivity contribution in [2.45, 2.75) is 308 Å². The summed E-state index contributed by atoms with van der Waals surface area (Å²) in [6.07, 6.45) is -10.3. The number of alkyl halides is 12. The van der Waals surface area contributed by atoms with Gasteiger partial charge in [0.05, 0.1) is 0 Å². The summed E-state index contributed by atoms with van der Waals surface area (Å²) in [6, 6.07) is 0. The van der Waals surface area contributed by atoms with Crippen molar-refractivity contribution in [2.75, 3.05) is 34.7 Å². The molecule has 0 heterocycles. The van der Waals surface area contributed by atoms with Crippen molar-refractivity contribution in [3.8, 4) is 0 Å². The number of ether oxygens (including phenoxy) is 6. The third kappa shape index (κ3) is 22.9. The summed E-state index contributed by atoms with van der Waals surface area (Å²) in [6.45, 7) is 24.6. The summed E-state index contributed by atoms with van der Waals surface area (Å²) >= 11 is 0. The lowest BCUT2D eigenvalue weighted by Gasteiger charge is -2.43. The Labute approximate surface area is 607 Å². The number of fused-ring (bicyclic) bond motifs is 27. The number of hydrogen-bond donors (Lipinski definition) is 0. The highest BCUT2D eigenvalue weighted by Crippen LogP contribution is 2.73. The first-order valence-electron chi connectivity index (χ1n) is 35.7. The highest BCUT2D eigenvalue weighted by molar-refractivity contribution is 6.48. The summed E-state index contributed by atoms with van der Waals surface area (Å²) < 4.78 is 208. The van der Waals surface area contributed by atoms with Crippen molar-refractivity contribution in [3.05, 3.63) is 0 Å². The molecule has 0 saturated heterocycles. The van der Waals surface area contributed by atoms with E-state index in [0.717, 1.165) is 86.9 Å². The second-order valence-electron chi connectivity index (χ2n) is 33.4. The van der Waals surface area contributed by atoms with Gasteiger partial charge in [0.15, 0.2) is 33.2 Å². The quantitative estimate of drug-likeness (QED) is 0.0390. The van der Waals surface area contributed by atoms with Crippen LogP contribution in [0, 0.1) is 124 Å². The smallest absolute Gasteiger partial charge is 0.429 e. The van der Waals surface area contributed by atoms with Crippen LogP contribution in [0.4, 0.5) is 62.3 Å². The lowest BCUT2D eigenvalue weighted by atomic mass is 9.65. The number of hydrogen-bond acceptors (Lipinski definition) is 11. The van der Waals surface area contributed by atoms with Crippen LogP contribution in [0.3, 0.4) is 0 Å². The Kier molecular flexibility index (Phi) is 36.5. The van der Waals surface area contributed by atoms with Crippen LogP contribution in [0.5, 0.6) is 0 Å². The highest BCUT2D eigenvalue weighted by atomic mass is 28.3. The van der Waals surface area contributed by atoms with Gasteiger partial charge in [0.1, 0.15) is 18.0 Å². The summed E-state index contributed by atoms with van der Waals surface area (Å²) in [5.74, 6) is 9.58. The van der Waals surface area contributed by atoms with Gasteiger partial charge in [-0.15, -0.1) is 0 Å². The summed E-state index contributed by atoms with van der Waals surface area (Å²) in [5, 5.41) is 0. The SMILES string of the molecule is C.C.C.C.C.C.CC(C)(C)OC(=O)OC(C)(CC1CC2CC1C1C3CCC(C3)C21)C(F)(F)F.CC(C)(C)OC(=O)OC(CC1CC2CC1C1C3CCC(C3)C21)(C(F)(F)F)C(F)(F)F.CCOCOC(CC1CC2CC1C1C3CCC(C3)C21)C(F)(F)F.CO[SiH](C)C.CO[SiH](C)C.CO[SiH](C)C. The predicted molar refractivity (Wildman–Crippen MR) is 386 cm³/mol. The van der Waals surface area contributed by atoms with Crippen LogP contribution >= 0.6 is 0 Å². The van der Waals surface area contributed by atoms with Crippen LogP contribution in [0.25, 0.3) is 0 Å². The van der Waals surface area contributed by atoms with Crippen molar-refractivity contribution >= 4 is 39.4 Å². The van der Waals surface area contributed by atoms with E-state index in [-0.39, 0.29) is 93.8 Å². The summed E-state index contributed by atoms with van der Waals surface area (Å²) in [5.41, 5.74) is -9.20. The molecule has 0 radical (unpaired) electrons. The molecule has 0 aromatic heterocycles. The predicted octanol–water partition coefficient (Wildman–Crippen LogP) is 22.8. The molecule has 0 aromatic rings. The molecule has 0 N–H and O–H groups in total. The first-order chi connectivity index (χ1) is 43.8. The Morgan fingerprint density at radius 3 is 0.980 bits per heavy atom. The normalized spacial score (nSPS) is 34.4. The Morgan fingerprint density at radius 1 is 0.396 bits per heavy atom. The number of carbonyl (C=O) groups excluding carboxylic acids is 2. The number of halogens is 12. The molecule has 23 atom stereocenters. The van der Waals surface area contributed by atoms with Gasteiger partial charge in [-0.1, -0.05) is 44.6 Å². The molecule has 12 rings (SSSR count). The zero-order valence-electron chi connectivity index (χ0n) is 59.6. The Hall–Kier alpha value is -1.85. The fourth-order valence-corrected chi connectivity index (χ4v) is 21.1. The lowest BCUT2D eigenvalue weighted by molar-refractivity contribution is -0.374. The van der Waals surface area contributed by atoms with Crippen molar-refractivity contribution < 1.29 is 104 Å². The molecular formula is C75H140F12O11Si3. The minimum absolute atomic E-state index is 0. The number of rotatable bonds is 15. The van der Waals surface area contributed by atoms with E-state index in [0.29, 0.717) is 66.8 Å². The van der Waals surface area contributed by atoms with Crippen LogP contribution in [-0.4, -0.2) is 127 Å². The van der Waals surface area contributed by atoms with Gasteiger partial charge in [-0.3, -0.25) is 0 Å². The van der Waals surface area contributed by atoms with Crippen molar-refractivity contribution in [2.24, 2.45) is 124 Å². The highest BCUT2D eigenvalue weighted by Gasteiger charge is 2.77. The topological polar surface area (TPSA) is 117 Å². The third-order valence-electron chi connectivity index (χ3n) is 24.5. The molecule has 0 spiro atoms. The molecule has 26 heteroatoms. The van der Waals surface area contributed by atoms with Gasteiger partial charge >= 0.3 is 42.6 Å². The van der Waals surface area contributed by atoms with E-state index in [4.69, 9.17) is 32.2 Å². The molecule has 11 nitrogen and oxygen atoms in total. The maximum atomic E-state index is 13.9. The van der Waals surface area contributed by atoms with Gasteiger partial charge in [0.25, 0.3) is 0 Å². The maximum absolute atomic E-state index is 13.9. The second-order valence-corrected chi connectivity index (χ2v) is 41.1. The molecule has 0 amide bonds. The van der Waals surface area contributed by atoms with Crippen molar-refractivity contribution in [1.82, 2.24) is 0 Å². The number of carbonyl (C=O) groups is 2. The molecule has 12 saturated carbocycles. The van der Waals surface area contributed by atoms with E-state index >= 15 is 0 Å². The molecule has 12 bridgehead atoms. The lowest BCUT2D eigenvalue weighted by Crippen LogP contribution is -2.61. The van der Waals surface area contributed by atoms with Crippen molar-refractivity contribution in [1.29, 1.82) is 0 Å². The zero-order valence-corrected chi connectivity index (χ0v) is 63.1. The second kappa shape index (κ2) is 38.0. The minimum atomic E-state index is -5.79. The molecule has 101 heavy (non-hydrogen) atoms. The van der Waals surface area contributed by atoms with E-state index in [1.54, 1.807) is 49.0 Å². The van der Waals surface area contributed by atoms with Gasteiger partial charge in [0.2, 0.25) is 5.60 Å². The van der Waals surface area contributed by atoms with E-state index in [2.05, 4.69) is 48.8 Å². The van der Waals surface area contributed by atoms with Crippen LogP contribution in [0.15, 0.2) is 0 Å². The monoisotopic (exact) mass is 1530 g/mol. The van der Waals surface area contributed by atoms with Crippen LogP contribution in [0.1, 0.15) is 216 Å². The van der Waals surface area contributed by atoms with Gasteiger partial charge in [0, 0.05) is 34.4 Å². The van der Waals surface area contributed by atoms with E-state index in [1.807, 2.05) is 0 Å². The maximum Gasteiger partial charge on any atom is 0.510 e. The molecule has 23 unspecified atom stereocenters. The summed E-state index contributed by atoms with van der Waals surface area (Å²) in [4.78, 5) is 23.9. The van der Waals surface area contributed by atoms with Gasteiger partial charge in [-0.2, -0.15) is 52.7 Å². The third-order valence-corrected chi connectivity index (χ3v) is 27.4. The van der Waals surface area contributed by atoms with Gasteiger partial charge < -0.3 is 41.7 Å². The molecular weight excluding hydrogens is 1390 g/mol. The van der Waals surface area contributed by atoms with Crippen LogP contribution in [0.2, 0.25) is 39.3 Å². The molecule has 602 valence electrons. The van der Waals surface area contributed by atoms with E-state index < -0.39 is 105 Å². The Balaban J connectivity index is 0.000000671. The van der Waals surface area contributed by atoms with Crippen LogP contribution in [-0.2, 0) is 41.7 Å². The first kappa shape index (κ1) is 97.2. The van der Waals surface area contributed by atoms with E-state index in [1.165, 1.54) is 65.7 Å². The molecule has 12 fully saturated rings. The average Bonchev–Trinajstić information content (AvgIpc) is 1.59. The molecule has 12 aliphatic carbocycles. The average molecular weight is 1530 g/mol. The fraction of sp³-hybridized carbons (Fsp3) is 0.973. The Bertz CT molecular complexity index is 2430. The van der Waals surface area contributed by atoms with Crippen LogP contribution < -0.4 is 0 Å². The van der Waals surface area contributed by atoms with E-state index in [9.17, 15) is 62.3 Å². The van der Waals surface area contributed by atoms with Gasteiger partial charge in [-0.05, 0) is 328 Å². The molecule has 12 aliphatic rings. The first-order valence-corrected chi connectivity index (χ1v) is 44.0. The minimum Gasteiger partial charge on any atom is -0.429 e. The van der Waals surface area contributed by atoms with Crippen molar-refractivity contribution in [3.63, 3.8) is 0 Å². The fourth-order valence-electron chi connectivity index (χ4n) is 21.1. The molecule has 0 aromatic carbocycles. The zero-order chi connectivity index (χ0) is 71.1. The summed E-state index contributed by atoms with van der Waals surface area (Å²) in [7, 11) is 3.33.